The van der Waals surface area contributed by atoms with Crippen LogP contribution in [-0.4, -0.2) is 28.9 Å². The number of benzene rings is 1. The van der Waals surface area contributed by atoms with Gasteiger partial charge in [-0.1, -0.05) is 42.5 Å². The molecule has 20 heavy (non-hydrogen) atoms. The second kappa shape index (κ2) is 5.49. The van der Waals surface area contributed by atoms with Crippen molar-refractivity contribution >= 4 is 11.9 Å². The fraction of sp³-hybridized carbons (Fsp3) is 0.375. The number of hydrogen-bond donors (Lipinski definition) is 1. The van der Waals surface area contributed by atoms with Crippen molar-refractivity contribution in [2.45, 2.75) is 37.8 Å². The molecule has 2 unspecified atom stereocenters. The molecule has 1 aromatic carbocycles. The maximum absolute atomic E-state index is 12.4. The summed E-state index contributed by atoms with van der Waals surface area (Å²) in [7, 11) is 0. The van der Waals surface area contributed by atoms with Crippen molar-refractivity contribution < 1.29 is 9.59 Å². The summed E-state index contributed by atoms with van der Waals surface area (Å²) in [5, 5.41) is 2.80. The van der Waals surface area contributed by atoms with Gasteiger partial charge >= 0.3 is 6.03 Å². The van der Waals surface area contributed by atoms with Crippen molar-refractivity contribution in [2.75, 3.05) is 0 Å². The molecule has 0 radical (unpaired) electrons. The van der Waals surface area contributed by atoms with Crippen molar-refractivity contribution in [3.8, 4) is 0 Å². The first kappa shape index (κ1) is 12.9. The summed E-state index contributed by atoms with van der Waals surface area (Å²) in [6, 6.07) is 9.02. The quantitative estimate of drug-likeness (QED) is 0.676. The average Bonchev–Trinajstić information content (AvgIpc) is 2.75. The van der Waals surface area contributed by atoms with Gasteiger partial charge < -0.3 is 5.32 Å². The number of rotatable bonds is 3. The zero-order valence-electron chi connectivity index (χ0n) is 11.3. The van der Waals surface area contributed by atoms with Crippen LogP contribution in [-0.2, 0) is 11.2 Å². The maximum atomic E-state index is 12.4. The topological polar surface area (TPSA) is 49.4 Å². The van der Waals surface area contributed by atoms with E-state index >= 15 is 0 Å². The van der Waals surface area contributed by atoms with Crippen molar-refractivity contribution in [3.63, 3.8) is 0 Å². The first-order chi connectivity index (χ1) is 9.75. The zero-order valence-corrected chi connectivity index (χ0v) is 11.3. The molecule has 0 saturated carbocycles. The lowest BCUT2D eigenvalue weighted by Gasteiger charge is -2.24. The third-order valence-corrected chi connectivity index (χ3v) is 3.90. The number of amides is 3. The summed E-state index contributed by atoms with van der Waals surface area (Å²) in [5.74, 6) is -0.101. The Hall–Kier alpha value is -2.10. The van der Waals surface area contributed by atoms with Crippen LogP contribution in [0.25, 0.3) is 0 Å². The van der Waals surface area contributed by atoms with Gasteiger partial charge in [0.15, 0.2) is 0 Å². The molecule has 1 N–H and O–H groups in total. The van der Waals surface area contributed by atoms with Gasteiger partial charge in [-0.05, 0) is 24.8 Å². The van der Waals surface area contributed by atoms with Crippen LogP contribution in [0, 0.1) is 0 Å². The minimum Gasteiger partial charge on any atom is -0.325 e. The highest BCUT2D eigenvalue weighted by atomic mass is 16.2. The molecule has 1 fully saturated rings. The molecule has 4 heteroatoms. The molecule has 1 aromatic rings. The SMILES string of the molecule is O=C1NC(Cc2ccccc2)C(=O)N1C1C=CCCC1. The monoisotopic (exact) mass is 270 g/mol. The van der Waals surface area contributed by atoms with Crippen molar-refractivity contribution in [1.82, 2.24) is 10.2 Å². The van der Waals surface area contributed by atoms with E-state index < -0.39 is 6.04 Å². The molecule has 2 atom stereocenters. The number of hydrogen-bond acceptors (Lipinski definition) is 2. The number of carbonyl (C=O) groups excluding carboxylic acids is 2. The lowest BCUT2D eigenvalue weighted by atomic mass is 10.0. The van der Waals surface area contributed by atoms with Crippen LogP contribution < -0.4 is 5.32 Å². The summed E-state index contributed by atoms with van der Waals surface area (Å²) in [6.45, 7) is 0. The molecule has 1 saturated heterocycles. The van der Waals surface area contributed by atoms with Gasteiger partial charge in [-0.2, -0.15) is 0 Å². The van der Waals surface area contributed by atoms with Crippen LogP contribution in [0.1, 0.15) is 24.8 Å². The average molecular weight is 270 g/mol. The Morgan fingerprint density at radius 3 is 2.70 bits per heavy atom. The van der Waals surface area contributed by atoms with Crippen molar-refractivity contribution in [1.29, 1.82) is 0 Å². The molecular formula is C16H18N2O2. The molecule has 3 rings (SSSR count). The van der Waals surface area contributed by atoms with E-state index in [0.717, 1.165) is 24.8 Å². The first-order valence-electron chi connectivity index (χ1n) is 7.10. The third-order valence-electron chi connectivity index (χ3n) is 3.90. The fourth-order valence-corrected chi connectivity index (χ4v) is 2.86. The van der Waals surface area contributed by atoms with E-state index in [1.54, 1.807) is 0 Å². The highest BCUT2D eigenvalue weighted by Crippen LogP contribution is 2.21. The van der Waals surface area contributed by atoms with Crippen LogP contribution in [0.3, 0.4) is 0 Å². The Kier molecular flexibility index (Phi) is 3.54. The van der Waals surface area contributed by atoms with E-state index in [-0.39, 0.29) is 18.0 Å². The summed E-state index contributed by atoms with van der Waals surface area (Å²) in [4.78, 5) is 25.9. The standard InChI is InChI=1S/C16H18N2O2/c19-15-14(11-12-7-3-1-4-8-12)17-16(20)18(15)13-9-5-2-6-10-13/h1,3-5,7-9,13-14H,2,6,10-11H2,(H,17,20). The van der Waals surface area contributed by atoms with Gasteiger partial charge in [0.05, 0.1) is 6.04 Å². The van der Waals surface area contributed by atoms with Crippen LogP contribution in [0.4, 0.5) is 4.79 Å². The molecule has 0 bridgehead atoms. The molecule has 2 aliphatic rings. The summed E-state index contributed by atoms with van der Waals surface area (Å²) in [5.41, 5.74) is 1.06. The molecular weight excluding hydrogens is 252 g/mol. The number of carbonyl (C=O) groups is 2. The van der Waals surface area contributed by atoms with Crippen LogP contribution in [0.2, 0.25) is 0 Å². The Morgan fingerprint density at radius 1 is 1.20 bits per heavy atom. The lowest BCUT2D eigenvalue weighted by Crippen LogP contribution is -2.40. The predicted molar refractivity (Wildman–Crippen MR) is 76.1 cm³/mol. The van der Waals surface area contributed by atoms with Gasteiger partial charge in [0.1, 0.15) is 6.04 Å². The van der Waals surface area contributed by atoms with Gasteiger partial charge in [0.25, 0.3) is 5.91 Å². The molecule has 104 valence electrons. The first-order valence-corrected chi connectivity index (χ1v) is 7.10. The van der Waals surface area contributed by atoms with E-state index in [0.29, 0.717) is 6.42 Å². The molecule has 1 aliphatic heterocycles. The van der Waals surface area contributed by atoms with E-state index in [4.69, 9.17) is 0 Å². The van der Waals surface area contributed by atoms with Crippen LogP contribution >= 0.6 is 0 Å². The summed E-state index contributed by atoms with van der Waals surface area (Å²) >= 11 is 0. The molecule has 1 aliphatic carbocycles. The summed E-state index contributed by atoms with van der Waals surface area (Å²) in [6.07, 6.45) is 7.52. The number of nitrogens with zero attached hydrogens (tertiary/aromatic N) is 1. The third kappa shape index (κ3) is 2.46. The zero-order chi connectivity index (χ0) is 13.9. The lowest BCUT2D eigenvalue weighted by molar-refractivity contribution is -0.128. The maximum Gasteiger partial charge on any atom is 0.325 e. The number of allylic oxidation sites excluding steroid dienone is 1. The molecule has 0 spiro atoms. The van der Waals surface area contributed by atoms with Crippen molar-refractivity contribution in [2.24, 2.45) is 0 Å². The number of nitrogens with one attached hydrogen (secondary N) is 1. The molecule has 1 heterocycles. The molecule has 3 amide bonds. The highest BCUT2D eigenvalue weighted by molar-refractivity contribution is 6.04. The minimum absolute atomic E-state index is 0.0722. The van der Waals surface area contributed by atoms with Gasteiger partial charge in [-0.3, -0.25) is 9.69 Å². The van der Waals surface area contributed by atoms with Crippen molar-refractivity contribution in [3.05, 3.63) is 48.0 Å². The minimum atomic E-state index is -0.430. The Morgan fingerprint density at radius 2 is 2.00 bits per heavy atom. The van der Waals surface area contributed by atoms with E-state index in [9.17, 15) is 9.59 Å². The Labute approximate surface area is 118 Å². The summed E-state index contributed by atoms with van der Waals surface area (Å²) < 4.78 is 0. The van der Waals surface area contributed by atoms with E-state index in [1.807, 2.05) is 36.4 Å². The van der Waals surface area contributed by atoms with E-state index in [1.165, 1.54) is 4.90 Å². The van der Waals surface area contributed by atoms with Crippen LogP contribution in [0.5, 0.6) is 0 Å². The number of imide groups is 1. The highest BCUT2D eigenvalue weighted by Gasteiger charge is 2.41. The predicted octanol–water partition coefficient (Wildman–Crippen LogP) is 2.26. The Bertz CT molecular complexity index is 539. The molecule has 4 nitrogen and oxygen atoms in total. The van der Waals surface area contributed by atoms with Gasteiger partial charge in [-0.25, -0.2) is 4.79 Å². The second-order valence-electron chi connectivity index (χ2n) is 5.33. The normalized spacial score (nSPS) is 25.9. The smallest absolute Gasteiger partial charge is 0.325 e. The largest absolute Gasteiger partial charge is 0.325 e. The second-order valence-corrected chi connectivity index (χ2v) is 5.33. The molecule has 0 aromatic heterocycles. The van der Waals surface area contributed by atoms with E-state index in [2.05, 4.69) is 11.4 Å². The van der Waals surface area contributed by atoms with Gasteiger partial charge in [-0.15, -0.1) is 0 Å². The van der Waals surface area contributed by atoms with Crippen LogP contribution in [0.15, 0.2) is 42.5 Å². The Balaban J connectivity index is 1.73. The fourth-order valence-electron chi connectivity index (χ4n) is 2.86. The number of urea groups is 1. The van der Waals surface area contributed by atoms with Gasteiger partial charge in [0, 0.05) is 6.42 Å². The van der Waals surface area contributed by atoms with Gasteiger partial charge in [0.2, 0.25) is 0 Å².